The Labute approximate surface area is 235 Å². The van der Waals surface area contributed by atoms with Gasteiger partial charge in [0.25, 0.3) is 14.0 Å². The van der Waals surface area contributed by atoms with Crippen LogP contribution in [0.25, 0.3) is 11.2 Å². The summed E-state index contributed by atoms with van der Waals surface area (Å²) in [5.41, 5.74) is 5.29. The van der Waals surface area contributed by atoms with Gasteiger partial charge in [-0.25, -0.2) is 19.7 Å². The fourth-order valence-corrected chi connectivity index (χ4v) is 10.3. The molecule has 0 spiro atoms. The monoisotopic (exact) mass is 560 g/mol. The second-order valence-electron chi connectivity index (χ2n) is 11.0. The van der Waals surface area contributed by atoms with Gasteiger partial charge in [0.1, 0.15) is 18.2 Å². The number of nitrogen functional groups attached to an aromatic ring is 1. The van der Waals surface area contributed by atoms with Gasteiger partial charge in [-0.2, -0.15) is 5.06 Å². The lowest BCUT2D eigenvalue weighted by atomic mass is 10.1. The summed E-state index contributed by atoms with van der Waals surface area (Å²) < 4.78 is 14.3. The third-order valence-corrected chi connectivity index (χ3v) is 12.6. The molecule has 1 saturated heterocycles. The van der Waals surface area contributed by atoms with Gasteiger partial charge in [-0.1, -0.05) is 81.4 Å². The first-order chi connectivity index (χ1) is 19.1. The highest BCUT2D eigenvalue weighted by Crippen LogP contribution is 2.41. The summed E-state index contributed by atoms with van der Waals surface area (Å²) in [6.07, 6.45) is 3.11. The average molecular weight is 561 g/mol. The van der Waals surface area contributed by atoms with Crippen LogP contribution in [0.3, 0.4) is 0 Å². The number of nitrogens with two attached hydrogens (primary N) is 1. The van der Waals surface area contributed by atoms with Crippen molar-refractivity contribution in [3.8, 4) is 0 Å². The second-order valence-corrected chi connectivity index (χ2v) is 15.3. The van der Waals surface area contributed by atoms with E-state index in [9.17, 15) is 4.79 Å². The van der Waals surface area contributed by atoms with Gasteiger partial charge >= 0.3 is 5.97 Å². The summed E-state index contributed by atoms with van der Waals surface area (Å²) in [5, 5.41) is 3.85. The van der Waals surface area contributed by atoms with Crippen LogP contribution in [0.15, 0.2) is 73.3 Å². The molecule has 5 rings (SSSR count). The van der Waals surface area contributed by atoms with Crippen molar-refractivity contribution in [1.82, 2.24) is 24.6 Å². The molecule has 0 bridgehead atoms. The molecular formula is C29H36N6O4Si. The number of imidazole rings is 1. The second kappa shape index (κ2) is 10.7. The molecule has 3 heterocycles. The number of carbonyl (C=O) groups is 1. The third-order valence-electron chi connectivity index (χ3n) is 7.58. The topological polar surface area (TPSA) is 118 Å². The number of likely N-dealkylation sites (N-methyl/N-ethyl adjacent to an activating group) is 1. The van der Waals surface area contributed by atoms with Crippen molar-refractivity contribution in [2.75, 3.05) is 26.0 Å². The van der Waals surface area contributed by atoms with Crippen molar-refractivity contribution in [3.63, 3.8) is 0 Å². The number of hydrogen-bond acceptors (Lipinski definition) is 9. The highest BCUT2D eigenvalue weighted by atomic mass is 28.4. The molecule has 2 aromatic carbocycles. The number of rotatable bonds is 8. The highest BCUT2D eigenvalue weighted by Gasteiger charge is 2.56. The van der Waals surface area contributed by atoms with Crippen LogP contribution in [0.1, 0.15) is 34.1 Å². The molecule has 10 nitrogen and oxygen atoms in total. The van der Waals surface area contributed by atoms with Crippen LogP contribution in [0, 0.1) is 0 Å². The van der Waals surface area contributed by atoms with Gasteiger partial charge in [0.15, 0.2) is 11.5 Å². The van der Waals surface area contributed by atoms with E-state index >= 15 is 0 Å². The van der Waals surface area contributed by atoms with E-state index in [2.05, 4.69) is 84.3 Å². The molecule has 40 heavy (non-hydrogen) atoms. The SMILES string of the molecule is CCOC(=O)[C@]1(n2cnc3c(N)ncnc32)C[C@H](CO[Si](c2ccccc2)(c2ccccc2)C(C)(C)C)N(C)O1. The number of nitrogens with zero attached hydrogens (tertiary/aromatic N) is 5. The van der Waals surface area contributed by atoms with E-state index in [4.69, 9.17) is 19.7 Å². The highest BCUT2D eigenvalue weighted by molar-refractivity contribution is 6.99. The van der Waals surface area contributed by atoms with Crippen LogP contribution >= 0.6 is 0 Å². The van der Waals surface area contributed by atoms with Crippen LogP contribution in [-0.4, -0.2) is 65.2 Å². The zero-order chi connectivity index (χ0) is 28.5. The largest absolute Gasteiger partial charge is 0.462 e. The lowest BCUT2D eigenvalue weighted by Gasteiger charge is -2.43. The maximum Gasteiger partial charge on any atom is 0.362 e. The van der Waals surface area contributed by atoms with E-state index in [1.165, 1.54) is 23.0 Å². The minimum atomic E-state index is -2.81. The Morgan fingerprint density at radius 3 is 2.27 bits per heavy atom. The van der Waals surface area contributed by atoms with E-state index in [-0.39, 0.29) is 29.9 Å². The zero-order valence-electron chi connectivity index (χ0n) is 23.6. The molecule has 2 atom stereocenters. The molecule has 1 aliphatic rings. The fraction of sp³-hybridized carbons (Fsp3) is 0.379. The number of hydroxylamine groups is 2. The minimum absolute atomic E-state index is 0.193. The molecule has 2 N–H and O–H groups in total. The lowest BCUT2D eigenvalue weighted by Crippen LogP contribution is -2.67. The molecule has 2 aromatic heterocycles. The summed E-state index contributed by atoms with van der Waals surface area (Å²) >= 11 is 0. The number of aromatic nitrogens is 4. The van der Waals surface area contributed by atoms with Crippen LogP contribution in [0.4, 0.5) is 5.82 Å². The van der Waals surface area contributed by atoms with Gasteiger partial charge in [0.05, 0.1) is 19.3 Å². The van der Waals surface area contributed by atoms with Gasteiger partial charge in [-0.05, 0) is 22.3 Å². The number of fused-ring (bicyclic) bond motifs is 1. The minimum Gasteiger partial charge on any atom is -0.462 e. The van der Waals surface area contributed by atoms with Crippen molar-refractivity contribution < 1.29 is 18.8 Å². The van der Waals surface area contributed by atoms with Crippen molar-refractivity contribution in [3.05, 3.63) is 73.3 Å². The molecule has 0 unspecified atom stereocenters. The predicted molar refractivity (Wildman–Crippen MR) is 155 cm³/mol. The van der Waals surface area contributed by atoms with Crippen LogP contribution in [0.2, 0.25) is 5.04 Å². The first kappa shape index (κ1) is 27.9. The number of hydrogen-bond donors (Lipinski definition) is 1. The van der Waals surface area contributed by atoms with Crippen LogP contribution in [0.5, 0.6) is 0 Å². The van der Waals surface area contributed by atoms with E-state index in [0.717, 1.165) is 0 Å². The molecular weight excluding hydrogens is 524 g/mol. The van der Waals surface area contributed by atoms with Gasteiger partial charge in [0.2, 0.25) is 0 Å². The Hall–Kier alpha value is -3.64. The van der Waals surface area contributed by atoms with E-state index < -0.39 is 20.0 Å². The number of carbonyl (C=O) groups excluding carboxylic acids is 1. The quantitative estimate of drug-likeness (QED) is 0.256. The molecule has 11 heteroatoms. The number of esters is 1. The van der Waals surface area contributed by atoms with Gasteiger partial charge in [-0.3, -0.25) is 9.40 Å². The number of anilines is 1. The summed E-state index contributed by atoms with van der Waals surface area (Å²) in [6.45, 7) is 8.99. The normalized spacial score (nSPS) is 20.2. The number of ether oxygens (including phenoxy) is 1. The molecule has 210 valence electrons. The van der Waals surface area contributed by atoms with E-state index in [1.54, 1.807) is 16.6 Å². The molecule has 1 fully saturated rings. The Balaban J connectivity index is 1.55. The first-order valence-corrected chi connectivity index (χ1v) is 15.3. The van der Waals surface area contributed by atoms with Crippen LogP contribution < -0.4 is 16.1 Å². The van der Waals surface area contributed by atoms with E-state index in [0.29, 0.717) is 17.8 Å². The van der Waals surface area contributed by atoms with Gasteiger partial charge < -0.3 is 14.9 Å². The molecule has 1 aliphatic heterocycles. The molecule has 0 aliphatic carbocycles. The Morgan fingerprint density at radius 1 is 1.07 bits per heavy atom. The smallest absolute Gasteiger partial charge is 0.362 e. The van der Waals surface area contributed by atoms with Gasteiger partial charge in [-0.15, -0.1) is 0 Å². The molecule has 4 aromatic rings. The van der Waals surface area contributed by atoms with Crippen molar-refractivity contribution in [2.24, 2.45) is 0 Å². The third kappa shape index (κ3) is 4.58. The Bertz CT molecular complexity index is 1440. The molecule has 0 radical (unpaired) electrons. The summed E-state index contributed by atoms with van der Waals surface area (Å²) in [4.78, 5) is 32.7. The lowest BCUT2D eigenvalue weighted by molar-refractivity contribution is -0.236. The maximum absolute atomic E-state index is 13.6. The summed E-state index contributed by atoms with van der Waals surface area (Å²) in [5.74, 6) is -0.313. The van der Waals surface area contributed by atoms with E-state index in [1.807, 2.05) is 19.2 Å². The maximum atomic E-state index is 13.6. The number of benzene rings is 2. The standard InChI is InChI=1S/C29H36N6O4Si/c1-6-37-27(36)29(35-20-33-24-25(30)31-19-32-26(24)35)17-21(34(5)39-29)18-38-40(28(2,3)4,22-13-9-7-10-14-22)23-15-11-8-12-16-23/h7-16,19-21H,6,17-18H2,1-5H3,(H2,30,31,32)/t21-,29+/m1/s1. The predicted octanol–water partition coefficient (Wildman–Crippen LogP) is 2.84. The first-order valence-electron chi connectivity index (χ1n) is 13.4. The Kier molecular flexibility index (Phi) is 7.49. The van der Waals surface area contributed by atoms with Crippen molar-refractivity contribution in [2.45, 2.75) is 50.9 Å². The summed E-state index contributed by atoms with van der Waals surface area (Å²) in [7, 11) is -0.999. The summed E-state index contributed by atoms with van der Waals surface area (Å²) in [6, 6.07) is 20.6. The van der Waals surface area contributed by atoms with Crippen LogP contribution in [-0.2, 0) is 24.5 Å². The van der Waals surface area contributed by atoms with Gasteiger partial charge in [0, 0.05) is 13.5 Å². The molecule has 0 amide bonds. The molecule has 0 saturated carbocycles. The zero-order valence-corrected chi connectivity index (χ0v) is 24.6. The fourth-order valence-electron chi connectivity index (χ4n) is 5.67. The van der Waals surface area contributed by atoms with Crippen molar-refractivity contribution in [1.29, 1.82) is 0 Å². The average Bonchev–Trinajstić information content (AvgIpc) is 3.52. The van der Waals surface area contributed by atoms with Crippen molar-refractivity contribution >= 4 is 41.6 Å². The Morgan fingerprint density at radius 2 is 1.70 bits per heavy atom.